The van der Waals surface area contributed by atoms with Crippen LogP contribution in [0.25, 0.3) is 16.6 Å². The summed E-state index contributed by atoms with van der Waals surface area (Å²) < 4.78 is 9.34. The Hall–Kier alpha value is -3.95. The second kappa shape index (κ2) is 9.36. The van der Waals surface area contributed by atoms with E-state index in [0.29, 0.717) is 29.5 Å². The van der Waals surface area contributed by atoms with Gasteiger partial charge in [-0.25, -0.2) is 14.8 Å². The third kappa shape index (κ3) is 5.32. The zero-order valence-corrected chi connectivity index (χ0v) is 23.9. The molecule has 2 amide bonds. The molecule has 10 heteroatoms. The molecule has 0 bridgehead atoms. The van der Waals surface area contributed by atoms with Gasteiger partial charge in [-0.15, -0.1) is 0 Å². The van der Waals surface area contributed by atoms with Crippen LogP contribution in [0.3, 0.4) is 0 Å². The maximum Gasteiger partial charge on any atom is 0.410 e. The maximum absolute atomic E-state index is 13.2. The molecule has 1 aromatic carbocycles. The van der Waals surface area contributed by atoms with E-state index in [4.69, 9.17) is 9.72 Å². The molecule has 4 aromatic rings. The lowest BCUT2D eigenvalue weighted by Gasteiger charge is -2.29. The van der Waals surface area contributed by atoms with Gasteiger partial charge in [0.1, 0.15) is 11.4 Å². The summed E-state index contributed by atoms with van der Waals surface area (Å²) in [5, 5.41) is 8.33. The van der Waals surface area contributed by atoms with E-state index in [9.17, 15) is 9.59 Å². The highest BCUT2D eigenvalue weighted by molar-refractivity contribution is 6.05. The molecule has 0 radical (unpaired) electrons. The number of nitrogens with zero attached hydrogens (tertiary/aromatic N) is 6. The number of amides is 2. The summed E-state index contributed by atoms with van der Waals surface area (Å²) in [6.45, 7) is 14.8. The van der Waals surface area contributed by atoms with Gasteiger partial charge in [0.05, 0.1) is 35.3 Å². The highest BCUT2D eigenvalue weighted by atomic mass is 16.6. The monoisotopic (exact) mass is 531 g/mol. The Morgan fingerprint density at radius 3 is 2.54 bits per heavy atom. The van der Waals surface area contributed by atoms with E-state index in [-0.39, 0.29) is 23.5 Å². The first kappa shape index (κ1) is 26.6. The molecule has 4 heterocycles. The van der Waals surface area contributed by atoms with E-state index >= 15 is 0 Å². The van der Waals surface area contributed by atoms with Gasteiger partial charge >= 0.3 is 6.09 Å². The first-order valence-corrected chi connectivity index (χ1v) is 13.3. The van der Waals surface area contributed by atoms with Crippen LogP contribution in [-0.4, -0.2) is 53.2 Å². The Morgan fingerprint density at radius 2 is 1.85 bits per heavy atom. The fourth-order valence-corrected chi connectivity index (χ4v) is 5.18. The number of anilines is 1. The van der Waals surface area contributed by atoms with Gasteiger partial charge in [-0.1, -0.05) is 26.8 Å². The molecule has 2 unspecified atom stereocenters. The summed E-state index contributed by atoms with van der Waals surface area (Å²) in [5.41, 5.74) is 3.19. The van der Waals surface area contributed by atoms with Crippen molar-refractivity contribution >= 4 is 34.4 Å². The van der Waals surface area contributed by atoms with E-state index in [1.54, 1.807) is 28.0 Å². The molecular weight excluding hydrogens is 494 g/mol. The molecule has 0 aliphatic carbocycles. The second-order valence-corrected chi connectivity index (χ2v) is 12.5. The fraction of sp³-hybridized carbons (Fsp3) is 0.483. The fourth-order valence-electron chi connectivity index (χ4n) is 5.18. The van der Waals surface area contributed by atoms with Crippen LogP contribution in [0.15, 0.2) is 36.8 Å². The van der Waals surface area contributed by atoms with Crippen molar-refractivity contribution < 1.29 is 14.3 Å². The van der Waals surface area contributed by atoms with Gasteiger partial charge < -0.3 is 14.5 Å². The predicted molar refractivity (Wildman–Crippen MR) is 150 cm³/mol. The molecule has 1 saturated heterocycles. The van der Waals surface area contributed by atoms with Crippen LogP contribution in [0.1, 0.15) is 75.8 Å². The van der Waals surface area contributed by atoms with Crippen molar-refractivity contribution in [3.05, 3.63) is 53.7 Å². The number of ether oxygens (including phenoxy) is 1. The van der Waals surface area contributed by atoms with Crippen molar-refractivity contribution in [1.29, 1.82) is 0 Å². The second-order valence-electron chi connectivity index (χ2n) is 12.5. The Morgan fingerprint density at radius 1 is 1.10 bits per heavy atom. The molecule has 5 rings (SSSR count). The quantitative estimate of drug-likeness (QED) is 0.373. The Kier molecular flexibility index (Phi) is 6.39. The zero-order chi connectivity index (χ0) is 28.3. The normalized spacial score (nSPS) is 18.2. The number of imidazole rings is 1. The van der Waals surface area contributed by atoms with Crippen LogP contribution >= 0.6 is 0 Å². The van der Waals surface area contributed by atoms with E-state index in [2.05, 4.69) is 36.2 Å². The summed E-state index contributed by atoms with van der Waals surface area (Å²) in [6, 6.07) is 5.32. The molecule has 1 aliphatic heterocycles. The Bertz CT molecular complexity index is 1570. The van der Waals surface area contributed by atoms with E-state index < -0.39 is 5.60 Å². The minimum Gasteiger partial charge on any atom is -0.444 e. The van der Waals surface area contributed by atoms with Crippen molar-refractivity contribution in [1.82, 2.24) is 29.0 Å². The molecule has 0 saturated carbocycles. The number of nitrogens with one attached hydrogen (secondary N) is 1. The number of carbonyl (C=O) groups excluding carboxylic acids is 2. The van der Waals surface area contributed by atoms with Crippen LogP contribution in [-0.2, 0) is 11.8 Å². The number of aryl methyl sites for hydroxylation is 2. The lowest BCUT2D eigenvalue weighted by Crippen LogP contribution is -2.37. The summed E-state index contributed by atoms with van der Waals surface area (Å²) in [5.74, 6) is 0.442. The van der Waals surface area contributed by atoms with Crippen LogP contribution < -0.4 is 5.32 Å². The van der Waals surface area contributed by atoms with Gasteiger partial charge in [-0.05, 0) is 57.6 Å². The summed E-state index contributed by atoms with van der Waals surface area (Å²) >= 11 is 0. The van der Waals surface area contributed by atoms with Crippen molar-refractivity contribution in [2.45, 2.75) is 66.5 Å². The molecule has 0 spiro atoms. The lowest BCUT2D eigenvalue weighted by atomic mass is 9.79. The standard InChI is InChI=1S/C29H37N7O3/c1-17-20-10-9-18(11-22(20)34(8)33-17)26(37)32-24-16-35-15-21(31-25(35)13-30-24)23-12-19(28(2,3)4)14-36(23)27(38)39-29(5,6)7/h9-11,13,15-16,19,23H,12,14H2,1-8H3,(H,32,37). The third-order valence-corrected chi connectivity index (χ3v) is 7.40. The molecule has 206 valence electrons. The average Bonchev–Trinajstić information content (AvgIpc) is 3.53. The molecule has 1 N–H and O–H groups in total. The molecule has 10 nitrogen and oxygen atoms in total. The molecular formula is C29H37N7O3. The topological polar surface area (TPSA) is 107 Å². The molecule has 2 atom stereocenters. The molecule has 1 fully saturated rings. The predicted octanol–water partition coefficient (Wildman–Crippen LogP) is 5.52. The minimum atomic E-state index is -0.586. The van der Waals surface area contributed by atoms with Crippen LogP contribution in [0.4, 0.5) is 10.6 Å². The summed E-state index contributed by atoms with van der Waals surface area (Å²) in [6.07, 6.45) is 5.73. The number of carbonyl (C=O) groups is 2. The summed E-state index contributed by atoms with van der Waals surface area (Å²) in [4.78, 5) is 37.2. The van der Waals surface area contributed by atoms with E-state index in [1.165, 1.54) is 0 Å². The van der Waals surface area contributed by atoms with Crippen molar-refractivity contribution in [3.8, 4) is 0 Å². The zero-order valence-electron chi connectivity index (χ0n) is 23.9. The highest BCUT2D eigenvalue weighted by Crippen LogP contribution is 2.43. The minimum absolute atomic E-state index is 0.0321. The van der Waals surface area contributed by atoms with Gasteiger partial charge in [-0.2, -0.15) is 5.10 Å². The molecule has 39 heavy (non-hydrogen) atoms. The van der Waals surface area contributed by atoms with E-state index in [0.717, 1.165) is 28.7 Å². The van der Waals surface area contributed by atoms with Crippen molar-refractivity contribution in [2.75, 3.05) is 11.9 Å². The number of fused-ring (bicyclic) bond motifs is 2. The van der Waals surface area contributed by atoms with Crippen LogP contribution in [0, 0.1) is 18.3 Å². The Balaban J connectivity index is 1.40. The average molecular weight is 532 g/mol. The van der Waals surface area contributed by atoms with Crippen molar-refractivity contribution in [3.63, 3.8) is 0 Å². The van der Waals surface area contributed by atoms with Gasteiger partial charge in [0.25, 0.3) is 5.91 Å². The van der Waals surface area contributed by atoms with Gasteiger partial charge in [0, 0.05) is 30.7 Å². The smallest absolute Gasteiger partial charge is 0.410 e. The van der Waals surface area contributed by atoms with Crippen molar-refractivity contribution in [2.24, 2.45) is 18.4 Å². The molecule has 1 aliphatic rings. The van der Waals surface area contributed by atoms with E-state index in [1.807, 2.05) is 57.5 Å². The first-order chi connectivity index (χ1) is 18.2. The number of rotatable bonds is 3. The Labute approximate surface area is 228 Å². The van der Waals surface area contributed by atoms with Gasteiger partial charge in [0.2, 0.25) is 0 Å². The van der Waals surface area contributed by atoms with Crippen LogP contribution in [0.2, 0.25) is 0 Å². The van der Waals surface area contributed by atoms with Crippen LogP contribution in [0.5, 0.6) is 0 Å². The van der Waals surface area contributed by atoms with Gasteiger partial charge in [0.15, 0.2) is 5.65 Å². The first-order valence-electron chi connectivity index (χ1n) is 13.3. The summed E-state index contributed by atoms with van der Waals surface area (Å²) in [7, 11) is 1.86. The van der Waals surface area contributed by atoms with Gasteiger partial charge in [-0.3, -0.25) is 14.4 Å². The molecule has 3 aromatic heterocycles. The lowest BCUT2D eigenvalue weighted by molar-refractivity contribution is 0.0210. The number of hydrogen-bond acceptors (Lipinski definition) is 6. The number of likely N-dealkylation sites (tertiary alicyclic amines) is 1. The number of aromatic nitrogens is 5. The third-order valence-electron chi connectivity index (χ3n) is 7.40. The largest absolute Gasteiger partial charge is 0.444 e. The maximum atomic E-state index is 13.2. The SMILES string of the molecule is Cc1nn(C)c2cc(C(=O)Nc3cn4cc(C5CC(C(C)(C)C)CN5C(=O)OC(C)(C)C)nc4cn3)ccc12. The highest BCUT2D eigenvalue weighted by Gasteiger charge is 2.43. The number of benzene rings is 1. The number of hydrogen-bond donors (Lipinski definition) is 1.